The quantitative estimate of drug-likeness (QED) is 0.414. The number of thioether (sulfide) groups is 1. The molecule has 3 heteroatoms. The minimum absolute atomic E-state index is 0.388. The molecule has 2 atom stereocenters. The maximum absolute atomic E-state index is 5.18. The van der Waals surface area contributed by atoms with Crippen molar-refractivity contribution in [2.45, 2.75) is 23.0 Å². The van der Waals surface area contributed by atoms with Crippen LogP contribution in [-0.2, 0) is 6.42 Å². The Bertz CT molecular complexity index is 993. The summed E-state index contributed by atoms with van der Waals surface area (Å²) in [5.74, 6) is 0.434. The average molecular weight is 420 g/mol. The van der Waals surface area contributed by atoms with Gasteiger partial charge in [-0.1, -0.05) is 64.5 Å². The molecule has 0 fully saturated rings. The lowest BCUT2D eigenvalue weighted by Crippen LogP contribution is -2.27. The van der Waals surface area contributed by atoms with E-state index in [4.69, 9.17) is 4.99 Å². The van der Waals surface area contributed by atoms with Gasteiger partial charge in [-0.15, -0.1) is 11.8 Å². The van der Waals surface area contributed by atoms with Gasteiger partial charge in [0, 0.05) is 20.5 Å². The third kappa shape index (κ3) is 2.83. The summed E-state index contributed by atoms with van der Waals surface area (Å²) in [5.41, 5.74) is 6.52. The van der Waals surface area contributed by atoms with Crippen LogP contribution >= 0.6 is 27.7 Å². The molecular weight excluding hydrogens is 402 g/mol. The topological polar surface area (TPSA) is 12.4 Å². The Morgan fingerprint density at radius 1 is 0.885 bits per heavy atom. The smallest absolute Gasteiger partial charge is 0.0769 e. The predicted molar refractivity (Wildman–Crippen MR) is 114 cm³/mol. The van der Waals surface area contributed by atoms with Crippen LogP contribution in [0.25, 0.3) is 0 Å². The van der Waals surface area contributed by atoms with Crippen molar-refractivity contribution in [3.8, 4) is 0 Å². The number of nitrogens with zero attached hydrogens (tertiary/aromatic N) is 1. The average Bonchev–Trinajstić information content (AvgIpc) is 2.85. The molecular formula is C23H18BrNS. The van der Waals surface area contributed by atoms with E-state index in [9.17, 15) is 0 Å². The Hall–Kier alpha value is -1.84. The Labute approximate surface area is 166 Å². The van der Waals surface area contributed by atoms with Crippen LogP contribution < -0.4 is 0 Å². The zero-order valence-electron chi connectivity index (χ0n) is 14.2. The number of aliphatic imine (C=N–C) groups is 1. The fourth-order valence-corrected chi connectivity index (χ4v) is 5.68. The van der Waals surface area contributed by atoms with Gasteiger partial charge in [0.25, 0.3) is 0 Å². The fourth-order valence-electron chi connectivity index (χ4n) is 4.02. The highest BCUT2D eigenvalue weighted by Gasteiger charge is 2.35. The first kappa shape index (κ1) is 16.3. The van der Waals surface area contributed by atoms with Crippen molar-refractivity contribution < 1.29 is 0 Å². The Morgan fingerprint density at radius 3 is 2.54 bits per heavy atom. The molecule has 0 saturated carbocycles. The molecule has 0 amide bonds. The molecule has 0 aromatic heterocycles. The zero-order valence-corrected chi connectivity index (χ0v) is 16.6. The van der Waals surface area contributed by atoms with Crippen LogP contribution in [0.4, 0.5) is 5.69 Å². The van der Waals surface area contributed by atoms with E-state index in [1.165, 1.54) is 27.3 Å². The summed E-state index contributed by atoms with van der Waals surface area (Å²) < 4.78 is 1.13. The van der Waals surface area contributed by atoms with Gasteiger partial charge in [0.05, 0.1) is 11.4 Å². The molecule has 1 aliphatic carbocycles. The molecule has 128 valence electrons. The second-order valence-electron chi connectivity index (χ2n) is 6.86. The number of rotatable bonds is 1. The number of fused-ring (bicyclic) bond motifs is 4. The van der Waals surface area contributed by atoms with Gasteiger partial charge < -0.3 is 0 Å². The van der Waals surface area contributed by atoms with Gasteiger partial charge in [-0.05, 0) is 53.8 Å². The zero-order chi connectivity index (χ0) is 17.5. The van der Waals surface area contributed by atoms with Gasteiger partial charge >= 0.3 is 0 Å². The van der Waals surface area contributed by atoms with E-state index < -0.39 is 0 Å². The number of benzene rings is 3. The first-order valence-corrected chi connectivity index (χ1v) is 10.6. The molecule has 3 aromatic carbocycles. The minimum atomic E-state index is 0.388. The van der Waals surface area contributed by atoms with Crippen molar-refractivity contribution in [1.82, 2.24) is 0 Å². The first-order valence-electron chi connectivity index (χ1n) is 8.97. The molecule has 0 N–H and O–H groups in total. The van der Waals surface area contributed by atoms with Crippen LogP contribution in [0.5, 0.6) is 0 Å². The molecule has 1 heterocycles. The van der Waals surface area contributed by atoms with Crippen molar-refractivity contribution in [3.63, 3.8) is 0 Å². The van der Waals surface area contributed by atoms with Gasteiger partial charge in [-0.2, -0.15) is 0 Å². The van der Waals surface area contributed by atoms with Crippen molar-refractivity contribution in [2.75, 3.05) is 0 Å². The number of hydrogen-bond acceptors (Lipinski definition) is 2. The SMILES string of the molecule is Brc1ccc([C@H]2Sc3ccccc3N=C3c4ccccc4CC[C@@H]32)cc1. The lowest BCUT2D eigenvalue weighted by molar-refractivity contribution is 0.597. The van der Waals surface area contributed by atoms with Crippen molar-refractivity contribution in [1.29, 1.82) is 0 Å². The summed E-state index contributed by atoms with van der Waals surface area (Å²) >= 11 is 5.54. The van der Waals surface area contributed by atoms with Crippen molar-refractivity contribution in [2.24, 2.45) is 10.9 Å². The van der Waals surface area contributed by atoms with Crippen LogP contribution in [0.3, 0.4) is 0 Å². The third-order valence-corrected chi connectivity index (χ3v) is 7.28. The molecule has 5 rings (SSSR count). The highest BCUT2D eigenvalue weighted by molar-refractivity contribution is 9.10. The first-order chi connectivity index (χ1) is 12.8. The minimum Gasteiger partial charge on any atom is -0.251 e. The Morgan fingerprint density at radius 2 is 1.65 bits per heavy atom. The molecule has 0 spiro atoms. The Balaban J connectivity index is 1.70. The van der Waals surface area contributed by atoms with Crippen LogP contribution in [0, 0.1) is 5.92 Å². The molecule has 0 unspecified atom stereocenters. The molecule has 1 aliphatic heterocycles. The number of halogens is 1. The molecule has 0 radical (unpaired) electrons. The van der Waals surface area contributed by atoms with E-state index in [-0.39, 0.29) is 0 Å². The summed E-state index contributed by atoms with van der Waals surface area (Å²) in [6.45, 7) is 0. The van der Waals surface area contributed by atoms with E-state index in [0.29, 0.717) is 11.2 Å². The van der Waals surface area contributed by atoms with Crippen LogP contribution in [0.2, 0.25) is 0 Å². The lowest BCUT2D eigenvalue weighted by atomic mass is 9.78. The van der Waals surface area contributed by atoms with Gasteiger partial charge in [-0.3, -0.25) is 4.99 Å². The van der Waals surface area contributed by atoms with Gasteiger partial charge in [0.1, 0.15) is 0 Å². The standard InChI is InChI=1S/C23H18BrNS/c24-17-12-9-16(10-13-17)23-19-14-11-15-5-1-2-6-18(15)22(19)25-20-7-3-4-8-21(20)26-23/h1-10,12-13,19,23H,11,14H2/t19-,23+/m0/s1. The summed E-state index contributed by atoms with van der Waals surface area (Å²) in [6, 6.07) is 26.2. The second kappa shape index (κ2) is 6.71. The number of hydrogen-bond donors (Lipinski definition) is 0. The predicted octanol–water partition coefficient (Wildman–Crippen LogP) is 6.98. The normalized spacial score (nSPS) is 21.0. The summed E-state index contributed by atoms with van der Waals surface area (Å²) in [4.78, 5) is 6.46. The van der Waals surface area contributed by atoms with Crippen molar-refractivity contribution in [3.05, 3.63) is 94.0 Å². The van der Waals surface area contributed by atoms with Gasteiger partial charge in [-0.25, -0.2) is 0 Å². The third-order valence-electron chi connectivity index (χ3n) is 5.29. The Kier molecular flexibility index (Phi) is 4.22. The molecule has 0 saturated heterocycles. The summed E-state index contributed by atoms with van der Waals surface area (Å²) in [5, 5.41) is 0.388. The summed E-state index contributed by atoms with van der Waals surface area (Å²) in [7, 11) is 0. The molecule has 3 aromatic rings. The van der Waals surface area contributed by atoms with E-state index in [0.717, 1.165) is 23.0 Å². The summed E-state index contributed by atoms with van der Waals surface area (Å²) in [6.07, 6.45) is 2.28. The molecule has 2 aliphatic rings. The highest BCUT2D eigenvalue weighted by Crippen LogP contribution is 2.51. The van der Waals surface area contributed by atoms with E-state index in [1.807, 2.05) is 11.8 Å². The van der Waals surface area contributed by atoms with Crippen LogP contribution in [0.1, 0.15) is 28.4 Å². The van der Waals surface area contributed by atoms with E-state index in [2.05, 4.69) is 88.7 Å². The number of para-hydroxylation sites is 1. The number of aryl methyl sites for hydroxylation is 1. The lowest BCUT2D eigenvalue weighted by Gasteiger charge is -2.31. The fraction of sp³-hybridized carbons (Fsp3) is 0.174. The van der Waals surface area contributed by atoms with E-state index >= 15 is 0 Å². The molecule has 1 nitrogen and oxygen atoms in total. The highest BCUT2D eigenvalue weighted by atomic mass is 79.9. The van der Waals surface area contributed by atoms with E-state index in [1.54, 1.807) is 0 Å². The molecule has 0 bridgehead atoms. The van der Waals surface area contributed by atoms with Crippen LogP contribution in [0.15, 0.2) is 87.2 Å². The maximum atomic E-state index is 5.18. The molecule has 26 heavy (non-hydrogen) atoms. The van der Waals surface area contributed by atoms with Crippen molar-refractivity contribution >= 4 is 39.1 Å². The van der Waals surface area contributed by atoms with Crippen LogP contribution in [-0.4, -0.2) is 5.71 Å². The van der Waals surface area contributed by atoms with Gasteiger partial charge in [0.2, 0.25) is 0 Å². The second-order valence-corrected chi connectivity index (χ2v) is 8.96. The monoisotopic (exact) mass is 419 g/mol. The largest absolute Gasteiger partial charge is 0.251 e. The van der Waals surface area contributed by atoms with Gasteiger partial charge in [0.15, 0.2) is 0 Å². The maximum Gasteiger partial charge on any atom is 0.0769 e.